The molecule has 0 aliphatic heterocycles. The number of hydrogen-bond acceptors (Lipinski definition) is 4. The summed E-state index contributed by atoms with van der Waals surface area (Å²) >= 11 is 0. The van der Waals surface area contributed by atoms with Crippen molar-refractivity contribution in [1.29, 1.82) is 0 Å². The fourth-order valence-corrected chi connectivity index (χ4v) is 3.22. The molecule has 0 saturated carbocycles. The number of nitrogens with two attached hydrogens (primary N) is 1. The third-order valence-corrected chi connectivity index (χ3v) is 4.82. The Bertz CT molecular complexity index is 1030. The minimum absolute atomic E-state index is 0. The molecule has 0 aliphatic carbocycles. The molecule has 0 saturated heterocycles. The van der Waals surface area contributed by atoms with Gasteiger partial charge in [0.2, 0.25) is 0 Å². The average molecular weight is 422 g/mol. The van der Waals surface area contributed by atoms with Gasteiger partial charge in [0.15, 0.2) is 11.2 Å². The van der Waals surface area contributed by atoms with Gasteiger partial charge in [-0.25, -0.2) is 9.78 Å². The van der Waals surface area contributed by atoms with Gasteiger partial charge in [-0.2, -0.15) is 0 Å². The molecule has 3 rings (SSSR count). The van der Waals surface area contributed by atoms with Crippen LogP contribution in [0, 0.1) is 0 Å². The van der Waals surface area contributed by atoms with E-state index in [9.17, 15) is 9.59 Å². The van der Waals surface area contributed by atoms with Gasteiger partial charge in [-0.3, -0.25) is 13.9 Å². The number of aromatic nitrogens is 4. The van der Waals surface area contributed by atoms with Crippen molar-refractivity contribution in [3.8, 4) is 0 Å². The summed E-state index contributed by atoms with van der Waals surface area (Å²) in [6.45, 7) is 4.01. The lowest BCUT2D eigenvalue weighted by Crippen LogP contribution is -3.00. The molecule has 0 fully saturated rings. The number of quaternary nitrogens is 1. The van der Waals surface area contributed by atoms with E-state index in [-0.39, 0.29) is 23.7 Å². The standard InChI is InChI=1S/C20H27N5O3.ClH/c1-23-18-17(19(26)24(2)20(23)27)25(15-22-18)11-7-13-28-12-6-10-21-14-16-8-4-3-5-9-16;/h3-5,8-9,15,21H,6-7,10-14H2,1-2H3;1H. The second kappa shape index (κ2) is 10.9. The van der Waals surface area contributed by atoms with Crippen LogP contribution >= 0.6 is 0 Å². The maximum absolute atomic E-state index is 12.4. The monoisotopic (exact) mass is 421 g/mol. The molecular formula is C20H28ClN5O3. The quantitative estimate of drug-likeness (QED) is 0.353. The fourth-order valence-electron chi connectivity index (χ4n) is 3.22. The zero-order valence-corrected chi connectivity index (χ0v) is 17.6. The first-order chi connectivity index (χ1) is 13.6. The molecule has 2 N–H and O–H groups in total. The summed E-state index contributed by atoms with van der Waals surface area (Å²) in [6, 6.07) is 10.4. The van der Waals surface area contributed by atoms with Gasteiger partial charge in [0, 0.05) is 39.2 Å². The van der Waals surface area contributed by atoms with Crippen molar-refractivity contribution in [2.45, 2.75) is 25.9 Å². The van der Waals surface area contributed by atoms with Gasteiger partial charge < -0.3 is 27.0 Å². The Morgan fingerprint density at radius 3 is 2.52 bits per heavy atom. The van der Waals surface area contributed by atoms with Crippen LogP contribution in [-0.2, 0) is 31.9 Å². The number of ether oxygens (including phenoxy) is 1. The van der Waals surface area contributed by atoms with E-state index in [1.807, 2.05) is 6.07 Å². The molecule has 0 unspecified atom stereocenters. The molecule has 0 atom stereocenters. The Labute approximate surface area is 175 Å². The van der Waals surface area contributed by atoms with Crippen LogP contribution in [0.5, 0.6) is 0 Å². The maximum Gasteiger partial charge on any atom is 0.332 e. The largest absolute Gasteiger partial charge is 1.00 e. The third kappa shape index (κ3) is 5.56. The first kappa shape index (κ1) is 22.9. The molecular weight excluding hydrogens is 394 g/mol. The molecule has 0 amide bonds. The molecule has 2 heterocycles. The lowest BCUT2D eigenvalue weighted by atomic mass is 10.2. The van der Waals surface area contributed by atoms with Crippen LogP contribution in [0.25, 0.3) is 11.2 Å². The van der Waals surface area contributed by atoms with Crippen LogP contribution in [0.15, 0.2) is 46.2 Å². The first-order valence-corrected chi connectivity index (χ1v) is 9.64. The van der Waals surface area contributed by atoms with Crippen LogP contribution < -0.4 is 29.0 Å². The minimum atomic E-state index is -0.366. The Morgan fingerprint density at radius 2 is 1.76 bits per heavy atom. The highest BCUT2D eigenvalue weighted by atomic mass is 35.5. The normalized spacial score (nSPS) is 11.0. The SMILES string of the molecule is Cn1c(=O)c2c(ncn2CCCOCCC[NH2+]Cc2ccccc2)n(C)c1=O.[Cl-]. The summed E-state index contributed by atoms with van der Waals surface area (Å²) < 4.78 is 10.0. The minimum Gasteiger partial charge on any atom is -1.00 e. The number of benzene rings is 1. The molecule has 0 aliphatic rings. The topological polar surface area (TPSA) is 87.7 Å². The molecule has 9 heteroatoms. The van der Waals surface area contributed by atoms with Crippen molar-refractivity contribution < 1.29 is 22.5 Å². The van der Waals surface area contributed by atoms with E-state index in [1.165, 1.54) is 17.2 Å². The molecule has 0 spiro atoms. The summed E-state index contributed by atoms with van der Waals surface area (Å²) in [7, 11) is 3.11. The van der Waals surface area contributed by atoms with Gasteiger partial charge >= 0.3 is 5.69 Å². The number of nitrogens with zero attached hydrogens (tertiary/aromatic N) is 4. The second-order valence-corrected chi connectivity index (χ2v) is 6.90. The molecule has 2 aromatic heterocycles. The van der Waals surface area contributed by atoms with Crippen LogP contribution in [-0.4, -0.2) is 38.4 Å². The van der Waals surface area contributed by atoms with Gasteiger partial charge in [0.1, 0.15) is 6.54 Å². The molecule has 8 nitrogen and oxygen atoms in total. The van der Waals surface area contributed by atoms with Crippen LogP contribution in [0.1, 0.15) is 18.4 Å². The number of imidazole rings is 1. The zero-order valence-electron chi connectivity index (χ0n) is 16.9. The van der Waals surface area contributed by atoms with E-state index in [0.717, 1.165) is 37.1 Å². The molecule has 0 bridgehead atoms. The molecule has 0 radical (unpaired) electrons. The highest BCUT2D eigenvalue weighted by Gasteiger charge is 2.13. The van der Waals surface area contributed by atoms with Crippen molar-refractivity contribution >= 4 is 11.2 Å². The summed E-state index contributed by atoms with van der Waals surface area (Å²) in [4.78, 5) is 28.6. The predicted molar refractivity (Wildman–Crippen MR) is 107 cm³/mol. The van der Waals surface area contributed by atoms with E-state index in [4.69, 9.17) is 4.74 Å². The van der Waals surface area contributed by atoms with Gasteiger partial charge in [0.05, 0.1) is 19.5 Å². The third-order valence-electron chi connectivity index (χ3n) is 4.82. The van der Waals surface area contributed by atoms with E-state index in [0.29, 0.717) is 24.3 Å². The number of rotatable bonds is 10. The van der Waals surface area contributed by atoms with Crippen molar-refractivity contribution in [3.63, 3.8) is 0 Å². The average Bonchev–Trinajstić information content (AvgIpc) is 3.14. The Morgan fingerprint density at radius 1 is 1.03 bits per heavy atom. The highest BCUT2D eigenvalue weighted by molar-refractivity contribution is 5.69. The lowest BCUT2D eigenvalue weighted by molar-refractivity contribution is -0.671. The Hall–Kier alpha value is -2.42. The van der Waals surface area contributed by atoms with Gasteiger partial charge in [-0.05, 0) is 6.42 Å². The smallest absolute Gasteiger partial charge is 0.332 e. The number of halogens is 1. The van der Waals surface area contributed by atoms with E-state index in [2.05, 4.69) is 34.6 Å². The number of aryl methyl sites for hydroxylation is 2. The summed E-state index contributed by atoms with van der Waals surface area (Å²) in [5, 5.41) is 2.29. The van der Waals surface area contributed by atoms with E-state index >= 15 is 0 Å². The molecule has 3 aromatic rings. The van der Waals surface area contributed by atoms with Crippen molar-refractivity contribution in [3.05, 3.63) is 63.1 Å². The molecule has 1 aromatic carbocycles. The summed E-state index contributed by atoms with van der Waals surface area (Å²) in [5.74, 6) is 0. The predicted octanol–water partition coefficient (Wildman–Crippen LogP) is -3.00. The van der Waals surface area contributed by atoms with Crippen LogP contribution in [0.4, 0.5) is 0 Å². The van der Waals surface area contributed by atoms with Gasteiger partial charge in [-0.15, -0.1) is 0 Å². The summed E-state index contributed by atoms with van der Waals surface area (Å²) in [6.07, 6.45) is 3.40. The van der Waals surface area contributed by atoms with E-state index < -0.39 is 0 Å². The van der Waals surface area contributed by atoms with Crippen molar-refractivity contribution in [2.24, 2.45) is 14.1 Å². The molecule has 158 valence electrons. The number of hydrogen-bond donors (Lipinski definition) is 1. The van der Waals surface area contributed by atoms with Gasteiger partial charge in [0.25, 0.3) is 5.56 Å². The Kier molecular flexibility index (Phi) is 8.63. The Balaban J connectivity index is 0.00000300. The number of fused-ring (bicyclic) bond motifs is 1. The molecule has 29 heavy (non-hydrogen) atoms. The fraction of sp³-hybridized carbons (Fsp3) is 0.450. The van der Waals surface area contributed by atoms with Gasteiger partial charge in [-0.1, -0.05) is 30.3 Å². The van der Waals surface area contributed by atoms with E-state index in [1.54, 1.807) is 17.9 Å². The van der Waals surface area contributed by atoms with Crippen molar-refractivity contribution in [2.75, 3.05) is 19.8 Å². The second-order valence-electron chi connectivity index (χ2n) is 6.90. The zero-order chi connectivity index (χ0) is 19.9. The maximum atomic E-state index is 12.4. The summed E-state index contributed by atoms with van der Waals surface area (Å²) in [5.41, 5.74) is 1.53. The lowest BCUT2D eigenvalue weighted by Gasteiger charge is -2.07. The van der Waals surface area contributed by atoms with Crippen LogP contribution in [0.3, 0.4) is 0 Å². The van der Waals surface area contributed by atoms with Crippen molar-refractivity contribution in [1.82, 2.24) is 18.7 Å². The first-order valence-electron chi connectivity index (χ1n) is 9.64. The van der Waals surface area contributed by atoms with Crippen LogP contribution in [0.2, 0.25) is 0 Å². The highest BCUT2D eigenvalue weighted by Crippen LogP contribution is 2.06.